The van der Waals surface area contributed by atoms with Gasteiger partial charge in [-0.15, -0.1) is 0 Å². The standard InChI is InChI=1S/C28H33N3O7S/c1-18-8-7-9-23-20(14-19(2)29-24(18)23)15-37-21-10-12-22(13-11-21)39(34,35)30-28(25(32)36-6)16-31(17-28)26(33)38-27(3,4)5/h7-14,30H,15-17H2,1-6H3. The van der Waals surface area contributed by atoms with E-state index in [9.17, 15) is 18.0 Å². The number of sulfonamides is 1. The first-order valence-electron chi connectivity index (χ1n) is 12.4. The maximum absolute atomic E-state index is 13.2. The molecule has 1 aliphatic heterocycles. The molecule has 2 aromatic carbocycles. The summed E-state index contributed by atoms with van der Waals surface area (Å²) in [7, 11) is -2.97. The Kier molecular flexibility index (Phi) is 7.59. The summed E-state index contributed by atoms with van der Waals surface area (Å²) in [6.07, 6.45) is -0.643. The molecule has 1 fully saturated rings. The molecule has 0 radical (unpaired) electrons. The molecule has 1 N–H and O–H groups in total. The molecule has 1 aliphatic rings. The summed E-state index contributed by atoms with van der Waals surface area (Å²) in [5, 5.41) is 0.998. The normalized spacial score (nSPS) is 15.0. The lowest BCUT2D eigenvalue weighted by Crippen LogP contribution is -2.75. The van der Waals surface area contributed by atoms with Gasteiger partial charge in [0.1, 0.15) is 18.0 Å². The molecule has 10 nitrogen and oxygen atoms in total. The van der Waals surface area contributed by atoms with Crippen molar-refractivity contribution in [3.63, 3.8) is 0 Å². The maximum atomic E-state index is 13.2. The van der Waals surface area contributed by atoms with Crippen molar-refractivity contribution in [2.24, 2.45) is 0 Å². The maximum Gasteiger partial charge on any atom is 0.410 e. The molecule has 0 aliphatic carbocycles. The van der Waals surface area contributed by atoms with Crippen molar-refractivity contribution in [2.75, 3.05) is 20.2 Å². The van der Waals surface area contributed by atoms with Crippen molar-refractivity contribution in [1.29, 1.82) is 0 Å². The van der Waals surface area contributed by atoms with E-state index in [4.69, 9.17) is 14.2 Å². The highest BCUT2D eigenvalue weighted by Gasteiger charge is 2.55. The van der Waals surface area contributed by atoms with Crippen LogP contribution >= 0.6 is 0 Å². The van der Waals surface area contributed by atoms with Crippen LogP contribution < -0.4 is 9.46 Å². The average molecular weight is 556 g/mol. The Hall–Kier alpha value is -3.70. The number of aryl methyl sites for hydroxylation is 2. The van der Waals surface area contributed by atoms with Gasteiger partial charge in [-0.2, -0.15) is 4.72 Å². The Labute approximate surface area is 228 Å². The number of aromatic nitrogens is 1. The van der Waals surface area contributed by atoms with Crippen LogP contribution in [0.4, 0.5) is 4.79 Å². The van der Waals surface area contributed by atoms with Crippen molar-refractivity contribution in [3.05, 3.63) is 65.4 Å². The number of pyridine rings is 1. The predicted octanol–water partition coefficient (Wildman–Crippen LogP) is 3.87. The average Bonchev–Trinajstić information content (AvgIpc) is 2.83. The number of likely N-dealkylation sites (tertiary alicyclic amines) is 1. The third kappa shape index (κ3) is 6.15. The SMILES string of the molecule is COC(=O)C1(NS(=O)(=O)c2ccc(OCc3cc(C)nc4c(C)cccc34)cc2)CN(C(=O)OC(C)(C)C)C1. The van der Waals surface area contributed by atoms with E-state index in [1.165, 1.54) is 17.0 Å². The summed E-state index contributed by atoms with van der Waals surface area (Å²) >= 11 is 0. The first-order chi connectivity index (χ1) is 18.2. The topological polar surface area (TPSA) is 124 Å². The molecule has 1 saturated heterocycles. The number of esters is 1. The Balaban J connectivity index is 1.46. The highest BCUT2D eigenvalue weighted by molar-refractivity contribution is 7.89. The van der Waals surface area contributed by atoms with Crippen molar-refractivity contribution in [2.45, 2.75) is 57.3 Å². The van der Waals surface area contributed by atoms with Gasteiger partial charge in [0.25, 0.3) is 0 Å². The number of ether oxygens (including phenoxy) is 3. The van der Waals surface area contributed by atoms with E-state index in [1.54, 1.807) is 32.9 Å². The van der Waals surface area contributed by atoms with Gasteiger partial charge in [0.05, 0.1) is 30.6 Å². The van der Waals surface area contributed by atoms with Gasteiger partial charge in [0.15, 0.2) is 5.54 Å². The smallest absolute Gasteiger partial charge is 0.410 e. The number of nitrogens with zero attached hydrogens (tertiary/aromatic N) is 2. The zero-order valence-corrected chi connectivity index (χ0v) is 23.7. The fourth-order valence-electron chi connectivity index (χ4n) is 4.41. The van der Waals surface area contributed by atoms with Crippen LogP contribution in [0, 0.1) is 13.8 Å². The Morgan fingerprint density at radius 1 is 1.08 bits per heavy atom. The molecule has 208 valence electrons. The molecule has 0 saturated carbocycles. The fraction of sp³-hybridized carbons (Fsp3) is 0.393. The molecular formula is C28H33N3O7S. The third-order valence-corrected chi connectivity index (χ3v) is 7.81. The molecule has 0 atom stereocenters. The predicted molar refractivity (Wildman–Crippen MR) is 145 cm³/mol. The van der Waals surface area contributed by atoms with Crippen molar-refractivity contribution in [3.8, 4) is 5.75 Å². The van der Waals surface area contributed by atoms with Crippen molar-refractivity contribution in [1.82, 2.24) is 14.6 Å². The van der Waals surface area contributed by atoms with E-state index >= 15 is 0 Å². The lowest BCUT2D eigenvalue weighted by molar-refractivity contribution is -0.154. The second kappa shape index (κ2) is 10.5. The molecule has 11 heteroatoms. The van der Waals surface area contributed by atoms with Crippen molar-refractivity contribution >= 4 is 33.0 Å². The summed E-state index contributed by atoms with van der Waals surface area (Å²) < 4.78 is 44.9. The van der Waals surface area contributed by atoms with Crippen LogP contribution in [-0.2, 0) is 30.9 Å². The third-order valence-electron chi connectivity index (χ3n) is 6.26. The number of carbonyl (C=O) groups is 2. The first kappa shape index (κ1) is 28.3. The van der Waals surface area contributed by atoms with Gasteiger partial charge in [0, 0.05) is 16.6 Å². The van der Waals surface area contributed by atoms with E-state index < -0.39 is 33.2 Å². The Bertz CT molecular complexity index is 1510. The highest BCUT2D eigenvalue weighted by atomic mass is 32.2. The summed E-state index contributed by atoms with van der Waals surface area (Å²) in [4.78, 5) is 30.7. The summed E-state index contributed by atoms with van der Waals surface area (Å²) in [5.41, 5.74) is 1.50. The van der Waals surface area contributed by atoms with E-state index in [1.807, 2.05) is 38.1 Å². The molecule has 4 rings (SSSR count). The van der Waals surface area contributed by atoms with E-state index in [-0.39, 0.29) is 24.6 Å². The van der Waals surface area contributed by atoms with Crippen LogP contribution in [0.2, 0.25) is 0 Å². The zero-order chi connectivity index (χ0) is 28.6. The van der Waals surface area contributed by atoms with Crippen LogP contribution in [0.5, 0.6) is 5.75 Å². The zero-order valence-electron chi connectivity index (χ0n) is 22.9. The van der Waals surface area contributed by atoms with Crippen LogP contribution in [0.25, 0.3) is 10.9 Å². The molecule has 0 bridgehead atoms. The van der Waals surface area contributed by atoms with Crippen molar-refractivity contribution < 1.29 is 32.2 Å². The minimum absolute atomic E-state index is 0.0605. The van der Waals surface area contributed by atoms with Crippen LogP contribution in [-0.4, -0.2) is 61.7 Å². The largest absolute Gasteiger partial charge is 0.489 e. The van der Waals surface area contributed by atoms with Gasteiger partial charge < -0.3 is 19.1 Å². The van der Waals surface area contributed by atoms with E-state index in [2.05, 4.69) is 9.71 Å². The van der Waals surface area contributed by atoms with Gasteiger partial charge >= 0.3 is 12.1 Å². The quantitative estimate of drug-likeness (QED) is 0.436. The minimum Gasteiger partial charge on any atom is -0.489 e. The van der Waals surface area contributed by atoms with Crippen LogP contribution in [0.3, 0.4) is 0 Å². The number of methoxy groups -OCH3 is 1. The first-order valence-corrected chi connectivity index (χ1v) is 13.9. The number of nitrogens with one attached hydrogen (secondary N) is 1. The molecule has 1 amide bonds. The fourth-order valence-corrected chi connectivity index (χ4v) is 5.75. The number of carbonyl (C=O) groups excluding carboxylic acids is 2. The Morgan fingerprint density at radius 2 is 1.74 bits per heavy atom. The second-order valence-corrected chi connectivity index (χ2v) is 12.4. The van der Waals surface area contributed by atoms with Gasteiger partial charge in [-0.3, -0.25) is 4.98 Å². The van der Waals surface area contributed by atoms with Gasteiger partial charge in [-0.05, 0) is 70.5 Å². The number of fused-ring (bicyclic) bond motifs is 1. The van der Waals surface area contributed by atoms with Crippen LogP contribution in [0.1, 0.15) is 37.6 Å². The Morgan fingerprint density at radius 3 is 2.36 bits per heavy atom. The molecule has 0 unspecified atom stereocenters. The molecule has 0 spiro atoms. The number of hydrogen-bond acceptors (Lipinski definition) is 8. The summed E-state index contributed by atoms with van der Waals surface area (Å²) in [5.74, 6) is -0.312. The summed E-state index contributed by atoms with van der Waals surface area (Å²) in [6, 6.07) is 13.8. The summed E-state index contributed by atoms with van der Waals surface area (Å²) in [6.45, 7) is 8.94. The molecule has 2 heterocycles. The monoisotopic (exact) mass is 555 g/mol. The number of benzene rings is 2. The number of hydrogen-bond donors (Lipinski definition) is 1. The molecule has 3 aromatic rings. The second-order valence-electron chi connectivity index (χ2n) is 10.7. The van der Waals surface area contributed by atoms with Gasteiger partial charge in [-0.25, -0.2) is 18.0 Å². The van der Waals surface area contributed by atoms with E-state index in [0.717, 1.165) is 34.8 Å². The van der Waals surface area contributed by atoms with Crippen LogP contribution in [0.15, 0.2) is 53.4 Å². The lowest BCUT2D eigenvalue weighted by atomic mass is 9.92. The number of rotatable bonds is 7. The van der Waals surface area contributed by atoms with E-state index in [0.29, 0.717) is 5.75 Å². The number of amides is 1. The number of para-hydroxylation sites is 1. The molecule has 1 aromatic heterocycles. The minimum atomic E-state index is -4.13. The van der Waals surface area contributed by atoms with Gasteiger partial charge in [0.2, 0.25) is 10.0 Å². The van der Waals surface area contributed by atoms with Gasteiger partial charge in [-0.1, -0.05) is 18.2 Å². The highest BCUT2D eigenvalue weighted by Crippen LogP contribution is 2.28. The molecular weight excluding hydrogens is 522 g/mol. The lowest BCUT2D eigenvalue weighted by Gasteiger charge is -2.47. The molecule has 39 heavy (non-hydrogen) atoms.